The molecule has 0 aliphatic heterocycles. The minimum atomic E-state index is -0.289. The second-order valence-corrected chi connectivity index (χ2v) is 5.61. The van der Waals surface area contributed by atoms with E-state index in [4.69, 9.17) is 21.7 Å². The highest BCUT2D eigenvalue weighted by Crippen LogP contribution is 2.31. The molecule has 0 unspecified atom stereocenters. The van der Waals surface area contributed by atoms with Crippen molar-refractivity contribution in [3.63, 3.8) is 0 Å². The van der Waals surface area contributed by atoms with E-state index in [1.807, 2.05) is 20.2 Å². The summed E-state index contributed by atoms with van der Waals surface area (Å²) in [6, 6.07) is 11.6. The van der Waals surface area contributed by atoms with E-state index in [9.17, 15) is 4.39 Å². The van der Waals surface area contributed by atoms with Crippen LogP contribution in [-0.4, -0.2) is 20.4 Å². The molecule has 3 nitrogen and oxygen atoms in total. The summed E-state index contributed by atoms with van der Waals surface area (Å²) < 4.78 is 19.0. The Bertz CT molecular complexity index is 658. The lowest BCUT2D eigenvalue weighted by Crippen LogP contribution is -2.38. The van der Waals surface area contributed by atoms with Crippen LogP contribution < -0.4 is 9.22 Å². The Kier molecular flexibility index (Phi) is 4.60. The SMILES string of the molecule is C[N+](C)(C=N)c1ccc(OCc2cccc(F)c2)c(Cl)c1. The standard InChI is InChI=1S/C16H17ClFN2O/c1-20(2,11-19)14-6-7-16(15(17)9-14)21-10-12-4-3-5-13(18)8-12/h3-9,11,19H,10H2,1-2H3/q+1. The molecule has 0 saturated carbocycles. The second kappa shape index (κ2) is 6.24. The third kappa shape index (κ3) is 3.80. The van der Waals surface area contributed by atoms with Crippen LogP contribution in [0.25, 0.3) is 0 Å². The van der Waals surface area contributed by atoms with Gasteiger partial charge in [-0.2, -0.15) is 0 Å². The Balaban J connectivity index is 2.13. The molecule has 21 heavy (non-hydrogen) atoms. The van der Waals surface area contributed by atoms with Crippen LogP contribution in [0.1, 0.15) is 5.56 Å². The number of rotatable bonds is 5. The Hall–Kier alpha value is -1.91. The maximum Gasteiger partial charge on any atom is 0.187 e. The first kappa shape index (κ1) is 15.5. The minimum absolute atomic E-state index is 0.250. The molecular formula is C16H17ClFN2O+. The molecular weight excluding hydrogens is 291 g/mol. The van der Waals surface area contributed by atoms with Gasteiger partial charge in [-0.05, 0) is 23.8 Å². The summed E-state index contributed by atoms with van der Waals surface area (Å²) >= 11 is 6.21. The summed E-state index contributed by atoms with van der Waals surface area (Å²) in [7, 11) is 3.76. The first-order valence-electron chi connectivity index (χ1n) is 6.45. The Morgan fingerprint density at radius 1 is 1.24 bits per heavy atom. The number of nitrogens with one attached hydrogen (secondary N) is 1. The lowest BCUT2D eigenvalue weighted by Gasteiger charge is -2.23. The molecule has 0 heterocycles. The minimum Gasteiger partial charge on any atom is -0.487 e. The zero-order valence-corrected chi connectivity index (χ0v) is 12.7. The number of quaternary nitrogens is 1. The lowest BCUT2D eigenvalue weighted by molar-refractivity contribution is 0.305. The molecule has 110 valence electrons. The molecule has 0 amide bonds. The van der Waals surface area contributed by atoms with Gasteiger partial charge in [0, 0.05) is 12.1 Å². The van der Waals surface area contributed by atoms with Crippen LogP contribution in [0.3, 0.4) is 0 Å². The molecule has 0 fully saturated rings. The molecule has 0 aliphatic carbocycles. The highest BCUT2D eigenvalue weighted by Gasteiger charge is 2.17. The molecule has 0 spiro atoms. The van der Waals surface area contributed by atoms with Gasteiger partial charge in [0.05, 0.1) is 19.1 Å². The van der Waals surface area contributed by atoms with E-state index < -0.39 is 0 Å². The van der Waals surface area contributed by atoms with Gasteiger partial charge in [-0.25, -0.2) is 4.39 Å². The van der Waals surface area contributed by atoms with Crippen molar-refractivity contribution in [3.8, 4) is 5.75 Å². The topological polar surface area (TPSA) is 33.1 Å². The third-order valence-electron chi connectivity index (χ3n) is 3.19. The summed E-state index contributed by atoms with van der Waals surface area (Å²) in [5.41, 5.74) is 1.62. The van der Waals surface area contributed by atoms with Crippen LogP contribution in [0.2, 0.25) is 5.02 Å². The lowest BCUT2D eigenvalue weighted by atomic mass is 10.2. The summed E-state index contributed by atoms with van der Waals surface area (Å²) in [5, 5.41) is 7.89. The van der Waals surface area contributed by atoms with E-state index >= 15 is 0 Å². The van der Waals surface area contributed by atoms with E-state index in [1.54, 1.807) is 24.3 Å². The predicted molar refractivity (Wildman–Crippen MR) is 84.6 cm³/mol. The van der Waals surface area contributed by atoms with Crippen LogP contribution in [0.5, 0.6) is 5.75 Å². The monoisotopic (exact) mass is 307 g/mol. The number of ether oxygens (including phenoxy) is 1. The molecule has 0 saturated heterocycles. The Labute approximate surface area is 128 Å². The van der Waals surface area contributed by atoms with Crippen LogP contribution >= 0.6 is 11.6 Å². The average Bonchev–Trinajstić information content (AvgIpc) is 2.46. The smallest absolute Gasteiger partial charge is 0.187 e. The van der Waals surface area contributed by atoms with Gasteiger partial charge in [0.1, 0.15) is 23.9 Å². The third-order valence-corrected chi connectivity index (χ3v) is 3.48. The number of nitrogens with zero attached hydrogens (tertiary/aromatic N) is 1. The van der Waals surface area contributed by atoms with Crippen molar-refractivity contribution in [2.75, 3.05) is 14.1 Å². The van der Waals surface area contributed by atoms with Crippen molar-refractivity contribution in [1.29, 1.82) is 5.41 Å². The van der Waals surface area contributed by atoms with Crippen LogP contribution in [-0.2, 0) is 6.61 Å². The van der Waals surface area contributed by atoms with Gasteiger partial charge in [0.15, 0.2) is 6.34 Å². The Morgan fingerprint density at radius 3 is 2.62 bits per heavy atom. The summed E-state index contributed by atoms with van der Waals surface area (Å²) in [4.78, 5) is 0. The molecule has 0 atom stereocenters. The molecule has 5 heteroatoms. The highest BCUT2D eigenvalue weighted by molar-refractivity contribution is 6.32. The van der Waals surface area contributed by atoms with E-state index in [2.05, 4.69) is 0 Å². The van der Waals surface area contributed by atoms with Crippen molar-refractivity contribution in [2.45, 2.75) is 6.61 Å². The van der Waals surface area contributed by atoms with E-state index in [-0.39, 0.29) is 12.4 Å². The normalized spacial score (nSPS) is 11.2. The van der Waals surface area contributed by atoms with Crippen LogP contribution in [0.15, 0.2) is 42.5 Å². The first-order chi connectivity index (χ1) is 9.92. The first-order valence-corrected chi connectivity index (χ1v) is 6.83. The molecule has 0 aromatic heterocycles. The molecule has 1 N–H and O–H groups in total. The van der Waals surface area contributed by atoms with E-state index in [0.717, 1.165) is 11.3 Å². The zero-order chi connectivity index (χ0) is 15.5. The van der Waals surface area contributed by atoms with Gasteiger partial charge in [-0.1, -0.05) is 23.7 Å². The van der Waals surface area contributed by atoms with Gasteiger partial charge < -0.3 is 4.74 Å². The molecule has 2 aromatic carbocycles. The van der Waals surface area contributed by atoms with Gasteiger partial charge in [0.25, 0.3) is 0 Å². The van der Waals surface area contributed by atoms with Crippen molar-refractivity contribution < 1.29 is 9.13 Å². The largest absolute Gasteiger partial charge is 0.487 e. The number of hydrogen-bond donors (Lipinski definition) is 1. The van der Waals surface area contributed by atoms with Crippen molar-refractivity contribution >= 4 is 23.6 Å². The number of halogens is 2. The summed E-state index contributed by atoms with van der Waals surface area (Å²) in [6.07, 6.45) is 1.32. The fourth-order valence-corrected chi connectivity index (χ4v) is 2.06. The van der Waals surface area contributed by atoms with E-state index in [1.165, 1.54) is 18.5 Å². The van der Waals surface area contributed by atoms with E-state index in [0.29, 0.717) is 15.3 Å². The zero-order valence-electron chi connectivity index (χ0n) is 11.9. The fourth-order valence-electron chi connectivity index (χ4n) is 1.83. The summed E-state index contributed by atoms with van der Waals surface area (Å²) in [5.74, 6) is 0.247. The molecule has 0 radical (unpaired) electrons. The number of benzene rings is 2. The maximum atomic E-state index is 13.1. The van der Waals surface area contributed by atoms with Crippen LogP contribution in [0.4, 0.5) is 10.1 Å². The van der Waals surface area contributed by atoms with Gasteiger partial charge >= 0.3 is 0 Å². The number of hydrogen-bond acceptors (Lipinski definition) is 2. The molecule has 2 rings (SSSR count). The van der Waals surface area contributed by atoms with Gasteiger partial charge in [-0.3, -0.25) is 9.89 Å². The Morgan fingerprint density at radius 2 is 2.00 bits per heavy atom. The second-order valence-electron chi connectivity index (χ2n) is 5.20. The highest BCUT2D eigenvalue weighted by atomic mass is 35.5. The van der Waals surface area contributed by atoms with Gasteiger partial charge in [0.2, 0.25) is 0 Å². The van der Waals surface area contributed by atoms with Crippen LogP contribution in [0, 0.1) is 11.2 Å². The quantitative estimate of drug-likeness (QED) is 0.500. The fraction of sp³-hybridized carbons (Fsp3) is 0.188. The van der Waals surface area contributed by atoms with Gasteiger partial charge in [-0.15, -0.1) is 0 Å². The van der Waals surface area contributed by atoms with Crippen molar-refractivity contribution in [3.05, 3.63) is 58.9 Å². The van der Waals surface area contributed by atoms with Crippen molar-refractivity contribution in [2.24, 2.45) is 0 Å². The molecule has 0 bridgehead atoms. The molecule has 0 aliphatic rings. The predicted octanol–water partition coefficient (Wildman–Crippen LogP) is 4.23. The average molecular weight is 308 g/mol. The van der Waals surface area contributed by atoms with Crippen molar-refractivity contribution in [1.82, 2.24) is 4.48 Å². The molecule has 2 aromatic rings. The summed E-state index contributed by atoms with van der Waals surface area (Å²) in [6.45, 7) is 0.250. The maximum absolute atomic E-state index is 13.1.